The summed E-state index contributed by atoms with van der Waals surface area (Å²) in [5.74, 6) is 0.820. The molecule has 130 valence electrons. The zero-order chi connectivity index (χ0) is 16.9. The van der Waals surface area contributed by atoms with Gasteiger partial charge in [-0.05, 0) is 19.1 Å². The topological polar surface area (TPSA) is 35.9 Å². The van der Waals surface area contributed by atoms with Gasteiger partial charge in [0.2, 0.25) is 0 Å². The summed E-state index contributed by atoms with van der Waals surface area (Å²) in [6.45, 7) is 5.20. The zero-order valence-electron chi connectivity index (χ0n) is 13.2. The van der Waals surface area contributed by atoms with Gasteiger partial charge in [0, 0.05) is 32.7 Å². The van der Waals surface area contributed by atoms with Gasteiger partial charge in [0.15, 0.2) is 0 Å². The van der Waals surface area contributed by atoms with Crippen LogP contribution in [0.4, 0.5) is 18.9 Å². The van der Waals surface area contributed by atoms with Gasteiger partial charge in [-0.1, -0.05) is 12.1 Å². The molecule has 1 aromatic carbocycles. The number of halogens is 3. The van der Waals surface area contributed by atoms with Gasteiger partial charge in [-0.25, -0.2) is 0 Å². The third-order valence-corrected chi connectivity index (χ3v) is 3.81. The smallest absolute Gasteiger partial charge is 0.391 e. The summed E-state index contributed by atoms with van der Waals surface area (Å²) in [5, 5.41) is 9.54. The Bertz CT molecular complexity index is 488. The van der Waals surface area contributed by atoms with E-state index in [1.165, 1.54) is 0 Å². The Balaban J connectivity index is 1.87. The van der Waals surface area contributed by atoms with E-state index >= 15 is 0 Å². The van der Waals surface area contributed by atoms with E-state index in [-0.39, 0.29) is 6.54 Å². The minimum absolute atomic E-state index is 0.0560. The first kappa shape index (κ1) is 17.9. The first-order valence-electron chi connectivity index (χ1n) is 7.83. The zero-order valence-corrected chi connectivity index (χ0v) is 13.2. The normalized spacial score (nSPS) is 18.0. The molecule has 0 spiro atoms. The average molecular weight is 332 g/mol. The number of aliphatic hydroxyl groups excluding tert-OH is 1. The molecule has 2 rings (SSSR count). The van der Waals surface area contributed by atoms with Gasteiger partial charge in [-0.3, -0.25) is 4.90 Å². The van der Waals surface area contributed by atoms with Crippen molar-refractivity contribution >= 4 is 5.69 Å². The van der Waals surface area contributed by atoms with E-state index in [4.69, 9.17) is 4.74 Å². The first-order chi connectivity index (χ1) is 10.9. The van der Waals surface area contributed by atoms with Crippen LogP contribution in [0.1, 0.15) is 13.3 Å². The van der Waals surface area contributed by atoms with E-state index in [1.807, 2.05) is 36.1 Å². The molecule has 0 bridgehead atoms. The van der Waals surface area contributed by atoms with Crippen molar-refractivity contribution in [3.8, 4) is 5.75 Å². The number of para-hydroxylation sites is 2. The Morgan fingerprint density at radius 2 is 1.83 bits per heavy atom. The molecule has 1 fully saturated rings. The van der Waals surface area contributed by atoms with Gasteiger partial charge >= 0.3 is 6.18 Å². The predicted molar refractivity (Wildman–Crippen MR) is 82.9 cm³/mol. The van der Waals surface area contributed by atoms with Gasteiger partial charge in [0.1, 0.15) is 5.75 Å². The Morgan fingerprint density at radius 3 is 2.43 bits per heavy atom. The molecule has 1 saturated heterocycles. The first-order valence-corrected chi connectivity index (χ1v) is 7.83. The van der Waals surface area contributed by atoms with Crippen LogP contribution in [0.5, 0.6) is 5.75 Å². The van der Waals surface area contributed by atoms with Crippen LogP contribution < -0.4 is 9.64 Å². The van der Waals surface area contributed by atoms with Crippen LogP contribution in [0.3, 0.4) is 0 Å². The van der Waals surface area contributed by atoms with Crippen molar-refractivity contribution in [3.63, 3.8) is 0 Å². The fourth-order valence-electron chi connectivity index (χ4n) is 2.80. The van der Waals surface area contributed by atoms with Crippen LogP contribution in [0, 0.1) is 0 Å². The maximum absolute atomic E-state index is 12.3. The van der Waals surface area contributed by atoms with Crippen LogP contribution in [0.2, 0.25) is 0 Å². The van der Waals surface area contributed by atoms with Crippen molar-refractivity contribution in [1.82, 2.24) is 4.90 Å². The highest BCUT2D eigenvalue weighted by atomic mass is 19.4. The summed E-state index contributed by atoms with van der Waals surface area (Å²) in [6, 6.07) is 7.76. The summed E-state index contributed by atoms with van der Waals surface area (Å²) in [5.41, 5.74) is 1.00. The molecule has 0 saturated carbocycles. The Morgan fingerprint density at radius 1 is 1.17 bits per heavy atom. The summed E-state index contributed by atoms with van der Waals surface area (Å²) in [6.07, 6.45) is -6.84. The van der Waals surface area contributed by atoms with Crippen molar-refractivity contribution in [3.05, 3.63) is 24.3 Å². The van der Waals surface area contributed by atoms with Gasteiger partial charge in [0.05, 0.1) is 24.8 Å². The highest BCUT2D eigenvalue weighted by Gasteiger charge is 2.32. The molecule has 4 nitrogen and oxygen atoms in total. The molecule has 0 unspecified atom stereocenters. The van der Waals surface area contributed by atoms with Crippen LogP contribution in [0.25, 0.3) is 0 Å². The monoisotopic (exact) mass is 332 g/mol. The number of nitrogens with zero attached hydrogens (tertiary/aromatic N) is 2. The van der Waals surface area contributed by atoms with E-state index in [0.717, 1.165) is 11.4 Å². The second kappa shape index (κ2) is 7.88. The molecule has 0 aromatic heterocycles. The van der Waals surface area contributed by atoms with Crippen LogP contribution >= 0.6 is 0 Å². The van der Waals surface area contributed by atoms with Gasteiger partial charge in [0.25, 0.3) is 0 Å². The van der Waals surface area contributed by atoms with Crippen LogP contribution in [-0.2, 0) is 0 Å². The molecule has 1 heterocycles. The molecule has 1 N–H and O–H groups in total. The third-order valence-electron chi connectivity index (χ3n) is 3.81. The lowest BCUT2D eigenvalue weighted by Crippen LogP contribution is -2.49. The minimum atomic E-state index is -4.32. The summed E-state index contributed by atoms with van der Waals surface area (Å²) in [7, 11) is 0. The fourth-order valence-corrected chi connectivity index (χ4v) is 2.80. The van der Waals surface area contributed by atoms with Crippen molar-refractivity contribution < 1.29 is 23.0 Å². The van der Waals surface area contributed by atoms with E-state index < -0.39 is 18.7 Å². The second-order valence-electron chi connectivity index (χ2n) is 5.66. The highest BCUT2D eigenvalue weighted by Crippen LogP contribution is 2.29. The van der Waals surface area contributed by atoms with E-state index in [9.17, 15) is 18.3 Å². The number of benzene rings is 1. The largest absolute Gasteiger partial charge is 0.492 e. The molecule has 1 aromatic rings. The molecule has 1 atom stereocenters. The lowest BCUT2D eigenvalue weighted by atomic mass is 10.2. The molecule has 0 radical (unpaired) electrons. The third kappa shape index (κ3) is 5.58. The number of rotatable bonds is 6. The standard InChI is InChI=1S/C16H23F3N2O2/c1-2-23-15-6-4-3-5-14(15)21-9-7-20(8-10-21)12-13(22)11-16(17,18)19/h3-6,13,22H,2,7-12H2,1H3/t13-/m1/s1. The average Bonchev–Trinajstić information content (AvgIpc) is 2.47. The summed E-state index contributed by atoms with van der Waals surface area (Å²) < 4.78 is 42.4. The minimum Gasteiger partial charge on any atom is -0.492 e. The highest BCUT2D eigenvalue weighted by molar-refractivity contribution is 5.58. The summed E-state index contributed by atoms with van der Waals surface area (Å²) in [4.78, 5) is 4.04. The SMILES string of the molecule is CCOc1ccccc1N1CCN(C[C@H](O)CC(F)(F)F)CC1. The Kier molecular flexibility index (Phi) is 6.12. The van der Waals surface area contributed by atoms with Gasteiger partial charge < -0.3 is 14.7 Å². The number of alkyl halides is 3. The van der Waals surface area contributed by atoms with Crippen molar-refractivity contribution in [2.75, 3.05) is 44.2 Å². The molecule has 23 heavy (non-hydrogen) atoms. The number of aliphatic hydroxyl groups is 1. The quantitative estimate of drug-likeness (QED) is 0.868. The number of piperazine rings is 1. The lowest BCUT2D eigenvalue weighted by molar-refractivity contribution is -0.155. The molecule has 1 aliphatic heterocycles. The predicted octanol–water partition coefficient (Wildman–Crippen LogP) is 2.52. The van der Waals surface area contributed by atoms with Crippen LogP contribution in [-0.4, -0.2) is 61.6 Å². The number of ether oxygens (including phenoxy) is 1. The molecule has 0 aliphatic carbocycles. The van der Waals surface area contributed by atoms with Crippen molar-refractivity contribution in [2.24, 2.45) is 0 Å². The molecule has 0 amide bonds. The Hall–Kier alpha value is -1.47. The van der Waals surface area contributed by atoms with E-state index in [0.29, 0.717) is 32.8 Å². The van der Waals surface area contributed by atoms with Crippen molar-refractivity contribution in [2.45, 2.75) is 25.6 Å². The maximum Gasteiger partial charge on any atom is 0.391 e. The fraction of sp³-hybridized carbons (Fsp3) is 0.625. The number of hydrogen-bond donors (Lipinski definition) is 1. The molecular weight excluding hydrogens is 309 g/mol. The van der Waals surface area contributed by atoms with E-state index in [1.54, 1.807) is 0 Å². The Labute approximate surface area is 134 Å². The summed E-state index contributed by atoms with van der Waals surface area (Å²) >= 11 is 0. The van der Waals surface area contributed by atoms with Crippen molar-refractivity contribution in [1.29, 1.82) is 0 Å². The van der Waals surface area contributed by atoms with Gasteiger partial charge in [-0.2, -0.15) is 13.2 Å². The van der Waals surface area contributed by atoms with Crippen LogP contribution in [0.15, 0.2) is 24.3 Å². The lowest BCUT2D eigenvalue weighted by Gasteiger charge is -2.37. The maximum atomic E-state index is 12.3. The number of hydrogen-bond acceptors (Lipinski definition) is 4. The molecule has 7 heteroatoms. The number of anilines is 1. The second-order valence-corrected chi connectivity index (χ2v) is 5.66. The molecular formula is C16H23F3N2O2. The van der Waals surface area contributed by atoms with Gasteiger partial charge in [-0.15, -0.1) is 0 Å². The number of β-amino-alcohol motifs (C(OH)–C–C–N with tert-alkyl or cyclic N) is 1. The molecule has 1 aliphatic rings. The van der Waals surface area contributed by atoms with E-state index in [2.05, 4.69) is 4.90 Å².